The van der Waals surface area contributed by atoms with E-state index in [1.807, 2.05) is 19.1 Å². The van der Waals surface area contributed by atoms with Crippen molar-refractivity contribution in [3.63, 3.8) is 0 Å². The van der Waals surface area contributed by atoms with Crippen LogP contribution in [0.4, 0.5) is 5.13 Å². The van der Waals surface area contributed by atoms with Gasteiger partial charge in [-0.2, -0.15) is 0 Å². The van der Waals surface area contributed by atoms with Crippen molar-refractivity contribution in [1.29, 1.82) is 0 Å². The van der Waals surface area contributed by atoms with Gasteiger partial charge in [0.05, 0.1) is 12.2 Å². The Labute approximate surface area is 189 Å². The largest absolute Gasteiger partial charge is 0.343 e. The highest BCUT2D eigenvalue weighted by Crippen LogP contribution is 2.26. The van der Waals surface area contributed by atoms with Crippen LogP contribution in [0.2, 0.25) is 0 Å². The summed E-state index contributed by atoms with van der Waals surface area (Å²) in [5, 5.41) is 6.09. The van der Waals surface area contributed by atoms with Crippen LogP contribution in [-0.4, -0.2) is 41.3 Å². The summed E-state index contributed by atoms with van der Waals surface area (Å²) in [4.78, 5) is 32.8. The fourth-order valence-electron chi connectivity index (χ4n) is 3.60. The molecule has 31 heavy (non-hydrogen) atoms. The Bertz CT molecular complexity index is 907. The molecule has 1 saturated heterocycles. The van der Waals surface area contributed by atoms with Crippen molar-refractivity contribution in [1.82, 2.24) is 15.2 Å². The molecule has 6 nitrogen and oxygen atoms in total. The first-order valence-corrected chi connectivity index (χ1v) is 11.8. The number of nitrogens with zero attached hydrogens (tertiary/aromatic N) is 2. The van der Waals surface area contributed by atoms with Gasteiger partial charge in [-0.25, -0.2) is 4.98 Å². The Kier molecular flexibility index (Phi) is 7.49. The van der Waals surface area contributed by atoms with Crippen LogP contribution in [0.3, 0.4) is 0 Å². The molecular weight excluding hydrogens is 408 g/mol. The number of likely N-dealkylation sites (tertiary alicyclic amines) is 1. The van der Waals surface area contributed by atoms with Crippen LogP contribution < -0.4 is 10.6 Å². The highest BCUT2D eigenvalue weighted by Gasteiger charge is 2.19. The molecule has 3 rings (SSSR count). The summed E-state index contributed by atoms with van der Waals surface area (Å²) in [6, 6.07) is 7.51. The van der Waals surface area contributed by atoms with Gasteiger partial charge in [-0.1, -0.05) is 39.8 Å². The van der Waals surface area contributed by atoms with Gasteiger partial charge in [-0.05, 0) is 61.9 Å². The van der Waals surface area contributed by atoms with E-state index in [1.54, 1.807) is 12.1 Å². The zero-order valence-corrected chi connectivity index (χ0v) is 20.1. The van der Waals surface area contributed by atoms with Crippen molar-refractivity contribution < 1.29 is 9.59 Å². The predicted molar refractivity (Wildman–Crippen MR) is 127 cm³/mol. The molecule has 0 aliphatic carbocycles. The lowest BCUT2D eigenvalue weighted by Gasteiger charge is -2.29. The van der Waals surface area contributed by atoms with E-state index in [4.69, 9.17) is 0 Å². The quantitative estimate of drug-likeness (QED) is 0.698. The van der Waals surface area contributed by atoms with Gasteiger partial charge in [0.25, 0.3) is 5.91 Å². The van der Waals surface area contributed by atoms with Crippen LogP contribution in [0.15, 0.2) is 24.3 Å². The normalized spacial score (nSPS) is 15.6. The molecule has 0 unspecified atom stereocenters. The van der Waals surface area contributed by atoms with Crippen molar-refractivity contribution in [3.8, 4) is 0 Å². The molecule has 7 heteroatoms. The van der Waals surface area contributed by atoms with Gasteiger partial charge in [0.1, 0.15) is 0 Å². The van der Waals surface area contributed by atoms with Crippen LogP contribution in [0.25, 0.3) is 0 Å². The van der Waals surface area contributed by atoms with Crippen LogP contribution in [-0.2, 0) is 16.8 Å². The molecule has 1 aromatic heterocycles. The molecule has 1 aromatic carbocycles. The molecule has 2 aromatic rings. The van der Waals surface area contributed by atoms with Gasteiger partial charge in [0, 0.05) is 17.0 Å². The van der Waals surface area contributed by atoms with Gasteiger partial charge in [-0.15, -0.1) is 11.3 Å². The zero-order valence-electron chi connectivity index (χ0n) is 19.2. The number of amides is 2. The average Bonchev–Trinajstić information content (AvgIpc) is 3.06. The Balaban J connectivity index is 1.49. The maximum absolute atomic E-state index is 12.4. The Hall–Kier alpha value is -2.25. The zero-order chi connectivity index (χ0) is 22.6. The molecule has 1 aliphatic rings. The minimum atomic E-state index is -0.272. The standard InChI is InChI=1S/C24H34N4O2S/c1-16-10-12-28(13-11-16)15-20-17(2)26-23(31-20)27-21(29)14-25-22(30)18-6-8-19(9-7-18)24(3,4)5/h6-9,16H,10-15H2,1-5H3,(H,25,30)(H,26,27,29). The summed E-state index contributed by atoms with van der Waals surface area (Å²) < 4.78 is 0. The number of carbonyl (C=O) groups is 2. The fraction of sp³-hybridized carbons (Fsp3) is 0.542. The topological polar surface area (TPSA) is 74.3 Å². The number of aryl methyl sites for hydroxylation is 1. The van der Waals surface area contributed by atoms with Crippen LogP contribution in [0, 0.1) is 12.8 Å². The molecule has 0 spiro atoms. The Morgan fingerprint density at radius 2 is 1.81 bits per heavy atom. The summed E-state index contributed by atoms with van der Waals surface area (Å²) in [5.41, 5.74) is 2.70. The van der Waals surface area contributed by atoms with E-state index in [2.05, 4.69) is 48.2 Å². The molecule has 2 N–H and O–H groups in total. The second kappa shape index (κ2) is 9.92. The minimum Gasteiger partial charge on any atom is -0.343 e. The molecule has 0 radical (unpaired) electrons. The average molecular weight is 443 g/mol. The number of carbonyl (C=O) groups excluding carboxylic acids is 2. The van der Waals surface area contributed by atoms with Gasteiger partial charge in [-0.3, -0.25) is 14.5 Å². The monoisotopic (exact) mass is 442 g/mol. The summed E-state index contributed by atoms with van der Waals surface area (Å²) in [5.74, 6) is 0.276. The molecule has 0 bridgehead atoms. The number of anilines is 1. The van der Waals surface area contributed by atoms with E-state index in [1.165, 1.54) is 29.1 Å². The molecular formula is C24H34N4O2S. The third-order valence-corrected chi connectivity index (χ3v) is 6.86. The van der Waals surface area contributed by atoms with Gasteiger partial charge >= 0.3 is 0 Å². The Morgan fingerprint density at radius 1 is 1.16 bits per heavy atom. The molecule has 0 atom stereocenters. The maximum Gasteiger partial charge on any atom is 0.251 e. The lowest BCUT2D eigenvalue weighted by atomic mass is 9.87. The Morgan fingerprint density at radius 3 is 2.42 bits per heavy atom. The number of nitrogens with one attached hydrogen (secondary N) is 2. The lowest BCUT2D eigenvalue weighted by Crippen LogP contribution is -2.32. The van der Waals surface area contributed by atoms with E-state index in [0.717, 1.165) is 36.8 Å². The smallest absolute Gasteiger partial charge is 0.251 e. The fourth-order valence-corrected chi connectivity index (χ4v) is 4.62. The van der Waals surface area contributed by atoms with E-state index < -0.39 is 0 Å². The van der Waals surface area contributed by atoms with Crippen molar-refractivity contribution in [2.24, 2.45) is 5.92 Å². The third kappa shape index (κ3) is 6.61. The third-order valence-electron chi connectivity index (χ3n) is 5.81. The van der Waals surface area contributed by atoms with E-state index >= 15 is 0 Å². The highest BCUT2D eigenvalue weighted by molar-refractivity contribution is 7.15. The lowest BCUT2D eigenvalue weighted by molar-refractivity contribution is -0.115. The molecule has 0 saturated carbocycles. The van der Waals surface area contributed by atoms with Gasteiger partial charge in [0.2, 0.25) is 5.91 Å². The first-order chi connectivity index (χ1) is 14.6. The van der Waals surface area contributed by atoms with E-state index in [-0.39, 0.29) is 23.8 Å². The molecule has 168 valence electrons. The van der Waals surface area contributed by atoms with E-state index in [9.17, 15) is 9.59 Å². The number of benzene rings is 1. The van der Waals surface area contributed by atoms with Gasteiger partial charge in [0.15, 0.2) is 5.13 Å². The maximum atomic E-state index is 12.4. The number of rotatable bonds is 6. The van der Waals surface area contributed by atoms with Crippen molar-refractivity contribution >= 4 is 28.3 Å². The van der Waals surface area contributed by atoms with Crippen LogP contribution in [0.1, 0.15) is 67.0 Å². The number of hydrogen-bond acceptors (Lipinski definition) is 5. The van der Waals surface area contributed by atoms with E-state index in [0.29, 0.717) is 10.7 Å². The minimum absolute atomic E-state index is 0.0337. The van der Waals surface area contributed by atoms with Crippen molar-refractivity contribution in [2.45, 2.75) is 59.4 Å². The summed E-state index contributed by atoms with van der Waals surface area (Å²) in [7, 11) is 0. The number of hydrogen-bond donors (Lipinski definition) is 2. The first-order valence-electron chi connectivity index (χ1n) is 11.0. The van der Waals surface area contributed by atoms with Crippen LogP contribution >= 0.6 is 11.3 Å². The van der Waals surface area contributed by atoms with Crippen molar-refractivity contribution in [3.05, 3.63) is 46.0 Å². The highest BCUT2D eigenvalue weighted by atomic mass is 32.1. The molecule has 2 heterocycles. The van der Waals surface area contributed by atoms with Crippen molar-refractivity contribution in [2.75, 3.05) is 25.0 Å². The van der Waals surface area contributed by atoms with Gasteiger partial charge < -0.3 is 10.6 Å². The summed E-state index contributed by atoms with van der Waals surface area (Å²) in [6.07, 6.45) is 2.47. The molecule has 2 amide bonds. The second-order valence-corrected chi connectivity index (χ2v) is 10.6. The number of thiazole rings is 1. The number of piperidine rings is 1. The van der Waals surface area contributed by atoms with Crippen LogP contribution in [0.5, 0.6) is 0 Å². The summed E-state index contributed by atoms with van der Waals surface area (Å²) in [6.45, 7) is 13.7. The molecule has 1 fully saturated rings. The predicted octanol–water partition coefficient (Wildman–Crippen LogP) is 4.35. The molecule has 1 aliphatic heterocycles. The summed E-state index contributed by atoms with van der Waals surface area (Å²) >= 11 is 1.52. The first kappa shape index (κ1) is 23.4. The number of aromatic nitrogens is 1. The second-order valence-electron chi connectivity index (χ2n) is 9.54. The SMILES string of the molecule is Cc1nc(NC(=O)CNC(=O)c2ccc(C(C)(C)C)cc2)sc1CN1CCC(C)CC1.